The van der Waals surface area contributed by atoms with Gasteiger partial charge in [0.15, 0.2) is 0 Å². The maximum Gasteiger partial charge on any atom is 0.0728 e. The summed E-state index contributed by atoms with van der Waals surface area (Å²) in [6, 6.07) is 53.3. The number of nitrogens with one attached hydrogen (secondary N) is 1. The number of allylic oxidation sites excluding steroid dienone is 15. The number of rotatable bonds is 9. The van der Waals surface area contributed by atoms with E-state index in [-0.39, 0.29) is 6.04 Å². The maximum atomic E-state index is 3.67. The summed E-state index contributed by atoms with van der Waals surface area (Å²) in [4.78, 5) is 2.45. The zero-order valence-electron chi connectivity index (χ0n) is 38.4. The van der Waals surface area contributed by atoms with E-state index >= 15 is 0 Å². The summed E-state index contributed by atoms with van der Waals surface area (Å²) >= 11 is 0. The molecule has 2 heterocycles. The van der Waals surface area contributed by atoms with Gasteiger partial charge in [-0.25, -0.2) is 0 Å². The van der Waals surface area contributed by atoms with Gasteiger partial charge in [0, 0.05) is 16.8 Å². The topological polar surface area (TPSA) is 15.3 Å². The number of benzene rings is 6. The molecule has 0 fully saturated rings. The highest BCUT2D eigenvalue weighted by Crippen LogP contribution is 2.50. The van der Waals surface area contributed by atoms with Crippen molar-refractivity contribution in [3.8, 4) is 44.5 Å². The summed E-state index contributed by atoms with van der Waals surface area (Å²) in [5, 5.41) is 3.67. The van der Waals surface area contributed by atoms with Crippen LogP contribution < -0.4 is 10.2 Å². The minimum absolute atomic E-state index is 0.105. The molecule has 10 rings (SSSR count). The fourth-order valence-corrected chi connectivity index (χ4v) is 9.01. The molecular formula is C64H58N2. The van der Waals surface area contributed by atoms with Gasteiger partial charge < -0.3 is 10.2 Å². The molecular weight excluding hydrogens is 797 g/mol. The predicted molar refractivity (Wildman–Crippen MR) is 286 cm³/mol. The number of hydrogen-bond acceptors (Lipinski definition) is 2. The largest absolute Gasteiger partial charge is 0.380 e. The van der Waals surface area contributed by atoms with Gasteiger partial charge in [-0.2, -0.15) is 0 Å². The van der Waals surface area contributed by atoms with Gasteiger partial charge in [-0.05, 0) is 149 Å². The molecule has 0 amide bonds. The summed E-state index contributed by atoms with van der Waals surface area (Å²) in [7, 11) is 0. The highest BCUT2D eigenvalue weighted by Gasteiger charge is 2.35. The van der Waals surface area contributed by atoms with E-state index in [1.165, 1.54) is 89.3 Å². The number of aryl methyl sites for hydroxylation is 1. The summed E-state index contributed by atoms with van der Waals surface area (Å²) < 4.78 is 0. The van der Waals surface area contributed by atoms with Gasteiger partial charge in [0.25, 0.3) is 0 Å². The van der Waals surface area contributed by atoms with Crippen molar-refractivity contribution in [2.75, 3.05) is 4.90 Å². The van der Waals surface area contributed by atoms with Gasteiger partial charge in [-0.15, -0.1) is 0 Å². The summed E-state index contributed by atoms with van der Waals surface area (Å²) in [5.41, 5.74) is 21.2. The highest BCUT2D eigenvalue weighted by molar-refractivity contribution is 5.99. The van der Waals surface area contributed by atoms with Gasteiger partial charge in [0.05, 0.1) is 17.4 Å². The van der Waals surface area contributed by atoms with Gasteiger partial charge in [-0.3, -0.25) is 0 Å². The van der Waals surface area contributed by atoms with Crippen LogP contribution in [0.25, 0.3) is 50.1 Å². The van der Waals surface area contributed by atoms with Crippen molar-refractivity contribution >= 4 is 16.9 Å². The number of para-hydroxylation sites is 1. The van der Waals surface area contributed by atoms with Gasteiger partial charge in [-0.1, -0.05) is 201 Å². The van der Waals surface area contributed by atoms with Crippen LogP contribution in [0.3, 0.4) is 0 Å². The third kappa shape index (κ3) is 9.89. The van der Waals surface area contributed by atoms with Crippen molar-refractivity contribution in [1.29, 1.82) is 0 Å². The molecule has 0 radical (unpaired) electrons. The smallest absolute Gasteiger partial charge is 0.0728 e. The second kappa shape index (κ2) is 21.6. The van der Waals surface area contributed by atoms with Crippen molar-refractivity contribution in [2.45, 2.75) is 39.7 Å². The minimum Gasteiger partial charge on any atom is -0.380 e. The van der Waals surface area contributed by atoms with Crippen molar-refractivity contribution in [1.82, 2.24) is 5.32 Å². The highest BCUT2D eigenvalue weighted by atomic mass is 15.2. The Kier molecular flexibility index (Phi) is 14.6. The first-order valence-corrected chi connectivity index (χ1v) is 23.0. The molecule has 324 valence electrons. The molecule has 0 bridgehead atoms. The van der Waals surface area contributed by atoms with E-state index in [1.54, 1.807) is 12.2 Å². The molecule has 6 aromatic carbocycles. The Balaban J connectivity index is 0.000000439. The molecule has 2 aliphatic heterocycles. The van der Waals surface area contributed by atoms with E-state index in [0.29, 0.717) is 0 Å². The normalized spacial score (nSPS) is 15.7. The third-order valence-corrected chi connectivity index (χ3v) is 12.1. The average molecular weight is 855 g/mol. The van der Waals surface area contributed by atoms with Gasteiger partial charge in [0.1, 0.15) is 0 Å². The van der Waals surface area contributed by atoms with Crippen molar-refractivity contribution in [3.05, 3.63) is 284 Å². The Morgan fingerprint density at radius 3 is 1.88 bits per heavy atom. The fraction of sp³-hybridized carbons (Fsp3) is 0.0938. The van der Waals surface area contributed by atoms with Crippen LogP contribution in [-0.2, 0) is 0 Å². The van der Waals surface area contributed by atoms with Gasteiger partial charge in [0.2, 0.25) is 0 Å². The molecule has 1 unspecified atom stereocenters. The molecule has 1 atom stereocenters. The van der Waals surface area contributed by atoms with E-state index in [4.69, 9.17) is 0 Å². The number of hydrogen-bond donors (Lipinski definition) is 1. The van der Waals surface area contributed by atoms with E-state index in [1.807, 2.05) is 50.3 Å². The SMILES string of the molecule is C/C=C\C=C/C.C=C/C=C\C=C.Cc1cc(-c2cccc(-c3cccc(N4C5=C6C(=CC(C7=CCCC=C7)=CC6NC=C5)c5ccccc54)c3)c2)ccc1-c1ccccc1-c1ccccc1. The molecule has 66 heavy (non-hydrogen) atoms. The molecule has 0 aromatic heterocycles. The monoisotopic (exact) mass is 854 g/mol. The van der Waals surface area contributed by atoms with Crippen LogP contribution in [0.4, 0.5) is 11.4 Å². The maximum absolute atomic E-state index is 3.67. The van der Waals surface area contributed by atoms with Crippen LogP contribution in [0, 0.1) is 6.92 Å². The lowest BCUT2D eigenvalue weighted by Gasteiger charge is -2.41. The average Bonchev–Trinajstić information content (AvgIpc) is 3.38. The lowest BCUT2D eigenvalue weighted by atomic mass is 9.78. The molecule has 1 N–H and O–H groups in total. The van der Waals surface area contributed by atoms with E-state index in [9.17, 15) is 0 Å². The zero-order chi connectivity index (χ0) is 45.7. The second-order valence-corrected chi connectivity index (χ2v) is 16.4. The number of nitrogens with zero attached hydrogens (tertiary/aromatic N) is 1. The van der Waals surface area contributed by atoms with E-state index in [2.05, 4.69) is 219 Å². The van der Waals surface area contributed by atoms with Gasteiger partial charge >= 0.3 is 0 Å². The summed E-state index contributed by atoms with van der Waals surface area (Å²) in [6.07, 6.45) is 33.4. The number of anilines is 2. The first-order chi connectivity index (χ1) is 32.5. The zero-order valence-corrected chi connectivity index (χ0v) is 38.4. The lowest BCUT2D eigenvalue weighted by molar-refractivity contribution is 0.775. The minimum atomic E-state index is 0.105. The van der Waals surface area contributed by atoms with Crippen LogP contribution in [-0.4, -0.2) is 6.04 Å². The molecule has 2 heteroatoms. The van der Waals surface area contributed by atoms with Crippen LogP contribution in [0.5, 0.6) is 0 Å². The Morgan fingerprint density at radius 1 is 0.561 bits per heavy atom. The Hall–Kier alpha value is -7.94. The van der Waals surface area contributed by atoms with E-state index in [0.717, 1.165) is 18.5 Å². The summed E-state index contributed by atoms with van der Waals surface area (Å²) in [6.45, 7) is 13.2. The standard InChI is InChI=1S/C52H40N2.C6H10.C6H8/c1-35-30-41(26-27-44(35)46-23-9-8-22-45(46)37-16-6-3-7-17-37)39-19-12-18-38(31-39)40-20-13-21-43(32-40)54-50-25-11-10-24-47(50)48-33-42(36-14-4-2-5-15-36)34-49-52(48)51(54)28-29-53-49;2*1-3-5-6-4-2/h3-4,6-34,49,53H,2,5H2,1H3;3-6H,1-2H3;3-6H,1-2H2/b;5-3-,6-4-;6-5-. The quantitative estimate of drug-likeness (QED) is 0.146. The Morgan fingerprint density at radius 2 is 1.20 bits per heavy atom. The molecule has 0 saturated heterocycles. The third-order valence-electron chi connectivity index (χ3n) is 12.1. The molecule has 4 aliphatic rings. The van der Waals surface area contributed by atoms with Crippen LogP contribution >= 0.6 is 0 Å². The number of dihydropyridines is 1. The van der Waals surface area contributed by atoms with Crippen molar-refractivity contribution in [3.63, 3.8) is 0 Å². The second-order valence-electron chi connectivity index (χ2n) is 16.4. The van der Waals surface area contributed by atoms with Crippen molar-refractivity contribution in [2.24, 2.45) is 0 Å². The van der Waals surface area contributed by atoms with E-state index < -0.39 is 0 Å². The molecule has 2 aliphatic carbocycles. The lowest BCUT2D eigenvalue weighted by Crippen LogP contribution is -2.37. The Bertz CT molecular complexity index is 2990. The molecule has 2 nitrogen and oxygen atoms in total. The van der Waals surface area contributed by atoms with Crippen LogP contribution in [0.15, 0.2) is 272 Å². The first-order valence-electron chi connectivity index (χ1n) is 23.0. The fourth-order valence-electron chi connectivity index (χ4n) is 9.01. The first kappa shape index (κ1) is 44.7. The summed E-state index contributed by atoms with van der Waals surface area (Å²) in [5.74, 6) is 0. The van der Waals surface area contributed by atoms with Crippen molar-refractivity contribution < 1.29 is 0 Å². The number of fused-ring (bicyclic) bond motifs is 2. The van der Waals surface area contributed by atoms with Crippen LogP contribution in [0.2, 0.25) is 0 Å². The predicted octanol–water partition coefficient (Wildman–Crippen LogP) is 17.2. The molecule has 0 saturated carbocycles. The van der Waals surface area contributed by atoms with Crippen LogP contribution in [0.1, 0.15) is 37.8 Å². The molecule has 6 aromatic rings. The molecule has 0 spiro atoms. The Labute approximate surface area is 393 Å².